The molecule has 0 unspecified atom stereocenters. The van der Waals surface area contributed by atoms with Gasteiger partial charge in [-0.05, 0) is 25.1 Å². The Morgan fingerprint density at radius 3 is 1.80 bits per heavy atom. The molecule has 178 valence electrons. The molecule has 7 nitrogen and oxygen atoms in total. The molecule has 0 saturated carbocycles. The van der Waals surface area contributed by atoms with Crippen LogP contribution in [-0.2, 0) is 14.9 Å². The predicted octanol–water partition coefficient (Wildman–Crippen LogP) is 3.96. The number of hydrogen-bond donors (Lipinski definition) is 0. The van der Waals surface area contributed by atoms with Crippen molar-refractivity contribution in [2.45, 2.75) is 11.8 Å². The van der Waals surface area contributed by atoms with Gasteiger partial charge in [-0.3, -0.25) is 0 Å². The molecule has 0 atom stereocenters. The molecule has 3 aromatic carbocycles. The van der Waals surface area contributed by atoms with E-state index in [0.29, 0.717) is 5.56 Å². The van der Waals surface area contributed by atoms with Gasteiger partial charge in [-0.25, -0.2) is 13.2 Å². The average Bonchev–Trinajstić information content (AvgIpc) is 2.88. The van der Waals surface area contributed by atoms with Crippen molar-refractivity contribution in [1.29, 1.82) is 0 Å². The number of carbonyl (C=O) groups is 1. The fraction of sp³-hybridized carbons (Fsp3) is 0.0741. The van der Waals surface area contributed by atoms with Crippen LogP contribution in [0.15, 0.2) is 119 Å². The standard InChI is InChI=1S/C20H17N2O2.C7H8O3S/c1-24-20(23)18-13-8-14-22(15-18)21-19(16-9-4-2-5-10-16)17-11-6-3-7-12-17;1-6-2-4-7(5-3-6)11(8,9)10/h2-15H,1H3;2-5H,1H3,(H,8,9,10)/q+1;/p-1. The van der Waals surface area contributed by atoms with Gasteiger partial charge in [0.25, 0.3) is 0 Å². The second kappa shape index (κ2) is 11.8. The highest BCUT2D eigenvalue weighted by Gasteiger charge is 2.14. The van der Waals surface area contributed by atoms with Gasteiger partial charge in [-0.1, -0.05) is 83.0 Å². The highest BCUT2D eigenvalue weighted by Crippen LogP contribution is 2.11. The van der Waals surface area contributed by atoms with Crippen LogP contribution in [0.4, 0.5) is 0 Å². The molecule has 0 aliphatic heterocycles. The van der Waals surface area contributed by atoms with Crippen molar-refractivity contribution < 1.29 is 27.2 Å². The molecule has 8 heteroatoms. The molecule has 4 aromatic rings. The fourth-order valence-corrected chi connectivity index (χ4v) is 3.53. The van der Waals surface area contributed by atoms with Crippen LogP contribution in [0.5, 0.6) is 0 Å². The maximum atomic E-state index is 11.7. The summed E-state index contributed by atoms with van der Waals surface area (Å²) in [6.07, 6.45) is 3.44. The third kappa shape index (κ3) is 7.43. The van der Waals surface area contributed by atoms with Gasteiger partial charge >= 0.3 is 5.97 Å². The van der Waals surface area contributed by atoms with Crippen molar-refractivity contribution in [2.24, 2.45) is 5.10 Å². The van der Waals surface area contributed by atoms with Gasteiger partial charge in [-0.2, -0.15) is 0 Å². The van der Waals surface area contributed by atoms with E-state index in [9.17, 15) is 17.8 Å². The summed E-state index contributed by atoms with van der Waals surface area (Å²) in [6, 6.07) is 29.1. The Balaban J connectivity index is 0.000000261. The SMILES string of the molecule is COC(=O)c1ccc[n+](N=C(c2ccccc2)c2ccccc2)c1.Cc1ccc(S(=O)(=O)[O-])cc1. The molecule has 1 heterocycles. The van der Waals surface area contributed by atoms with E-state index in [1.807, 2.05) is 67.6 Å². The average molecular weight is 489 g/mol. The minimum absolute atomic E-state index is 0.178. The molecule has 0 spiro atoms. The molecule has 4 rings (SSSR count). The normalized spacial score (nSPS) is 10.5. The van der Waals surface area contributed by atoms with Crippen LogP contribution in [0, 0.1) is 6.92 Å². The zero-order valence-electron chi connectivity index (χ0n) is 19.2. The van der Waals surface area contributed by atoms with Crippen LogP contribution in [0.2, 0.25) is 0 Å². The first-order valence-electron chi connectivity index (χ1n) is 10.6. The number of aromatic nitrogens is 1. The summed E-state index contributed by atoms with van der Waals surface area (Å²) in [7, 11) is -2.91. The summed E-state index contributed by atoms with van der Waals surface area (Å²) in [5, 5.41) is 4.70. The number of rotatable bonds is 5. The third-order valence-corrected chi connectivity index (χ3v) is 5.68. The fourth-order valence-electron chi connectivity index (χ4n) is 3.06. The molecular weight excluding hydrogens is 464 g/mol. The van der Waals surface area contributed by atoms with Gasteiger partial charge < -0.3 is 9.29 Å². The van der Waals surface area contributed by atoms with E-state index in [0.717, 1.165) is 22.4 Å². The summed E-state index contributed by atoms with van der Waals surface area (Å²) < 4.78 is 37.6. The number of hydrogen-bond acceptors (Lipinski definition) is 6. The molecule has 0 fully saturated rings. The molecule has 0 radical (unpaired) electrons. The molecule has 0 saturated heterocycles. The Labute approximate surface area is 204 Å². The van der Waals surface area contributed by atoms with Gasteiger partial charge in [0.1, 0.15) is 21.4 Å². The quantitative estimate of drug-likeness (QED) is 0.183. The minimum Gasteiger partial charge on any atom is -0.744 e. The lowest BCUT2D eigenvalue weighted by Gasteiger charge is -2.05. The minimum atomic E-state index is -4.27. The van der Waals surface area contributed by atoms with Crippen molar-refractivity contribution in [3.63, 3.8) is 0 Å². The predicted molar refractivity (Wildman–Crippen MR) is 131 cm³/mol. The lowest BCUT2D eigenvalue weighted by molar-refractivity contribution is -0.678. The Morgan fingerprint density at radius 2 is 1.31 bits per heavy atom. The van der Waals surface area contributed by atoms with E-state index < -0.39 is 10.1 Å². The van der Waals surface area contributed by atoms with Gasteiger partial charge in [0.05, 0.1) is 12.0 Å². The van der Waals surface area contributed by atoms with Crippen molar-refractivity contribution >= 4 is 21.8 Å². The van der Waals surface area contributed by atoms with E-state index in [4.69, 9.17) is 9.84 Å². The molecule has 0 bridgehead atoms. The largest absolute Gasteiger partial charge is 0.744 e. The van der Waals surface area contributed by atoms with Crippen molar-refractivity contribution in [2.75, 3.05) is 7.11 Å². The van der Waals surface area contributed by atoms with Crippen LogP contribution >= 0.6 is 0 Å². The Hall–Kier alpha value is -4.14. The number of pyridine rings is 1. The zero-order chi connectivity index (χ0) is 25.3. The van der Waals surface area contributed by atoms with Crippen LogP contribution in [0.1, 0.15) is 27.0 Å². The Morgan fingerprint density at radius 1 is 0.800 bits per heavy atom. The first-order valence-corrected chi connectivity index (χ1v) is 12.0. The Bertz CT molecular complexity index is 1360. The van der Waals surface area contributed by atoms with Crippen molar-refractivity contribution in [3.05, 3.63) is 132 Å². The van der Waals surface area contributed by atoms with Crippen molar-refractivity contribution in [3.8, 4) is 0 Å². The zero-order valence-corrected chi connectivity index (χ0v) is 20.1. The Kier molecular flexibility index (Phi) is 8.61. The smallest absolute Gasteiger partial charge is 0.344 e. The van der Waals surface area contributed by atoms with Crippen LogP contribution in [-0.4, -0.2) is 31.8 Å². The summed E-state index contributed by atoms with van der Waals surface area (Å²) in [6.45, 7) is 1.82. The number of nitrogens with zero attached hydrogens (tertiary/aromatic N) is 2. The number of ether oxygens (including phenoxy) is 1. The molecule has 1 aromatic heterocycles. The summed E-state index contributed by atoms with van der Waals surface area (Å²) in [4.78, 5) is 11.5. The second-order valence-corrected chi connectivity index (χ2v) is 8.79. The number of aryl methyl sites for hydroxylation is 1. The van der Waals surface area contributed by atoms with Crippen LogP contribution < -0.4 is 4.68 Å². The number of benzene rings is 3. The lowest BCUT2D eigenvalue weighted by atomic mass is 10.0. The maximum absolute atomic E-state index is 11.7. The third-order valence-electron chi connectivity index (χ3n) is 4.83. The molecule has 0 aliphatic rings. The van der Waals surface area contributed by atoms with Crippen LogP contribution in [0.25, 0.3) is 0 Å². The van der Waals surface area contributed by atoms with Gasteiger partial charge in [-0.15, -0.1) is 0 Å². The van der Waals surface area contributed by atoms with Crippen molar-refractivity contribution in [1.82, 2.24) is 0 Å². The summed E-state index contributed by atoms with van der Waals surface area (Å²) in [5.41, 5.74) is 4.20. The van der Waals surface area contributed by atoms with E-state index in [-0.39, 0.29) is 10.9 Å². The van der Waals surface area contributed by atoms with E-state index in [2.05, 4.69) is 0 Å². The molecule has 0 amide bonds. The summed E-state index contributed by atoms with van der Waals surface area (Å²) in [5.74, 6) is -0.388. The number of carbonyl (C=O) groups excluding carboxylic acids is 1. The van der Waals surface area contributed by atoms with Gasteiger partial charge in [0.15, 0.2) is 0 Å². The molecule has 0 N–H and O–H groups in total. The highest BCUT2D eigenvalue weighted by molar-refractivity contribution is 7.85. The van der Waals surface area contributed by atoms with E-state index in [1.165, 1.54) is 19.2 Å². The highest BCUT2D eigenvalue weighted by atomic mass is 32.2. The lowest BCUT2D eigenvalue weighted by Crippen LogP contribution is -2.30. The first-order chi connectivity index (χ1) is 16.8. The van der Waals surface area contributed by atoms with E-state index in [1.54, 1.807) is 41.3 Å². The summed E-state index contributed by atoms with van der Waals surface area (Å²) >= 11 is 0. The second-order valence-electron chi connectivity index (χ2n) is 7.41. The van der Waals surface area contributed by atoms with Gasteiger partial charge in [0, 0.05) is 22.3 Å². The van der Waals surface area contributed by atoms with E-state index >= 15 is 0 Å². The monoisotopic (exact) mass is 488 g/mol. The molecule has 0 aliphatic carbocycles. The van der Waals surface area contributed by atoms with Crippen LogP contribution in [0.3, 0.4) is 0 Å². The topological polar surface area (TPSA) is 99.7 Å². The molecular formula is C27H24N2O5S. The first kappa shape index (κ1) is 25.5. The number of methoxy groups -OCH3 is 1. The molecule has 35 heavy (non-hydrogen) atoms. The van der Waals surface area contributed by atoms with Gasteiger partial charge in [0.2, 0.25) is 12.4 Å². The number of esters is 1. The maximum Gasteiger partial charge on any atom is 0.344 e.